The van der Waals surface area contributed by atoms with Crippen molar-refractivity contribution in [2.75, 3.05) is 19.6 Å². The van der Waals surface area contributed by atoms with E-state index in [4.69, 9.17) is 0 Å². The summed E-state index contributed by atoms with van der Waals surface area (Å²) in [5.41, 5.74) is 0. The van der Waals surface area contributed by atoms with Crippen LogP contribution in [0.15, 0.2) is 0 Å². The molecule has 0 aromatic carbocycles. The molecule has 19 heavy (non-hydrogen) atoms. The maximum absolute atomic E-state index is 3.76. The summed E-state index contributed by atoms with van der Waals surface area (Å²) in [6, 6.07) is 1.67. The van der Waals surface area contributed by atoms with Crippen LogP contribution in [-0.4, -0.2) is 36.6 Å². The van der Waals surface area contributed by atoms with Crippen LogP contribution in [0.3, 0.4) is 0 Å². The molecule has 0 bridgehead atoms. The molecular weight excluding hydrogens is 232 g/mol. The Balaban J connectivity index is 1.56. The topological polar surface area (TPSA) is 15.3 Å². The van der Waals surface area contributed by atoms with Gasteiger partial charge in [-0.25, -0.2) is 0 Å². The van der Waals surface area contributed by atoms with E-state index in [2.05, 4.69) is 10.2 Å². The van der Waals surface area contributed by atoms with Gasteiger partial charge in [-0.15, -0.1) is 0 Å². The minimum absolute atomic E-state index is 0.811. The summed E-state index contributed by atoms with van der Waals surface area (Å²) < 4.78 is 0. The molecule has 110 valence electrons. The lowest BCUT2D eigenvalue weighted by Crippen LogP contribution is -2.51. The van der Waals surface area contributed by atoms with Gasteiger partial charge in [-0.1, -0.05) is 32.1 Å². The van der Waals surface area contributed by atoms with Crippen molar-refractivity contribution in [3.8, 4) is 0 Å². The Kier molecular flexibility index (Phi) is 5.17. The van der Waals surface area contributed by atoms with Gasteiger partial charge in [0, 0.05) is 18.6 Å². The zero-order valence-corrected chi connectivity index (χ0v) is 12.6. The fourth-order valence-corrected chi connectivity index (χ4v) is 4.62. The molecule has 3 aliphatic rings. The standard InChI is InChI=1S/C17H32N2/c1-2-4-9-15(8-3-1)14-19-13-6-5-11-17(19)16-10-7-12-18-16/h15-18H,1-14H2. The van der Waals surface area contributed by atoms with E-state index >= 15 is 0 Å². The molecule has 2 aliphatic heterocycles. The summed E-state index contributed by atoms with van der Waals surface area (Å²) in [6.07, 6.45) is 16.1. The number of likely N-dealkylation sites (tertiary alicyclic amines) is 1. The van der Waals surface area contributed by atoms with Crippen LogP contribution in [-0.2, 0) is 0 Å². The van der Waals surface area contributed by atoms with Crippen LogP contribution in [0.25, 0.3) is 0 Å². The number of nitrogens with zero attached hydrogens (tertiary/aromatic N) is 1. The minimum atomic E-state index is 0.811. The monoisotopic (exact) mass is 264 g/mol. The van der Waals surface area contributed by atoms with Crippen molar-refractivity contribution in [3.63, 3.8) is 0 Å². The lowest BCUT2D eigenvalue weighted by Gasteiger charge is -2.41. The van der Waals surface area contributed by atoms with Crippen molar-refractivity contribution in [3.05, 3.63) is 0 Å². The van der Waals surface area contributed by atoms with E-state index in [1.165, 1.54) is 90.3 Å². The van der Waals surface area contributed by atoms with E-state index in [1.54, 1.807) is 0 Å². The first-order chi connectivity index (χ1) is 9.43. The third kappa shape index (κ3) is 3.72. The number of nitrogens with one attached hydrogen (secondary N) is 1. The second-order valence-corrected chi connectivity index (χ2v) is 7.12. The second kappa shape index (κ2) is 7.08. The molecule has 0 aromatic heterocycles. The molecule has 0 aromatic rings. The maximum Gasteiger partial charge on any atom is 0.0249 e. The highest BCUT2D eigenvalue weighted by Crippen LogP contribution is 2.29. The van der Waals surface area contributed by atoms with Gasteiger partial charge < -0.3 is 5.32 Å². The van der Waals surface area contributed by atoms with Crippen molar-refractivity contribution >= 4 is 0 Å². The van der Waals surface area contributed by atoms with E-state index in [-0.39, 0.29) is 0 Å². The predicted octanol–water partition coefficient (Wildman–Crippen LogP) is 3.56. The third-order valence-electron chi connectivity index (χ3n) is 5.69. The molecule has 2 heterocycles. The number of piperidine rings is 1. The Bertz CT molecular complexity index is 252. The van der Waals surface area contributed by atoms with Crippen molar-refractivity contribution in [2.24, 2.45) is 5.92 Å². The highest BCUT2D eigenvalue weighted by atomic mass is 15.2. The number of hydrogen-bond donors (Lipinski definition) is 1. The third-order valence-corrected chi connectivity index (χ3v) is 5.69. The quantitative estimate of drug-likeness (QED) is 0.784. The normalized spacial score (nSPS) is 35.4. The van der Waals surface area contributed by atoms with Gasteiger partial charge in [0.25, 0.3) is 0 Å². The molecule has 0 radical (unpaired) electrons. The van der Waals surface area contributed by atoms with Crippen LogP contribution in [0.4, 0.5) is 0 Å². The smallest absolute Gasteiger partial charge is 0.0249 e. The number of hydrogen-bond acceptors (Lipinski definition) is 2. The zero-order valence-electron chi connectivity index (χ0n) is 12.6. The molecule has 1 saturated carbocycles. The van der Waals surface area contributed by atoms with E-state index < -0.39 is 0 Å². The first-order valence-corrected chi connectivity index (χ1v) is 8.91. The van der Waals surface area contributed by atoms with Gasteiger partial charge in [-0.2, -0.15) is 0 Å². The van der Waals surface area contributed by atoms with Gasteiger partial charge in [0.2, 0.25) is 0 Å². The molecule has 2 heteroatoms. The van der Waals surface area contributed by atoms with Crippen LogP contribution >= 0.6 is 0 Å². The Morgan fingerprint density at radius 3 is 2.32 bits per heavy atom. The highest BCUT2D eigenvalue weighted by Gasteiger charge is 2.32. The summed E-state index contributed by atoms with van der Waals surface area (Å²) in [7, 11) is 0. The Labute approximate surface area is 119 Å². The van der Waals surface area contributed by atoms with E-state index in [0.717, 1.165) is 18.0 Å². The van der Waals surface area contributed by atoms with Gasteiger partial charge in [0.15, 0.2) is 0 Å². The van der Waals surface area contributed by atoms with Gasteiger partial charge in [-0.3, -0.25) is 4.90 Å². The predicted molar refractivity (Wildman–Crippen MR) is 81.4 cm³/mol. The van der Waals surface area contributed by atoms with E-state index in [1.807, 2.05) is 0 Å². The molecule has 1 N–H and O–H groups in total. The van der Waals surface area contributed by atoms with Crippen LogP contribution in [0.2, 0.25) is 0 Å². The summed E-state index contributed by atoms with van der Waals surface area (Å²) >= 11 is 0. The molecular formula is C17H32N2. The Morgan fingerprint density at radius 1 is 0.789 bits per heavy atom. The summed E-state index contributed by atoms with van der Waals surface area (Å²) in [6.45, 7) is 4.04. The first kappa shape index (κ1) is 13.9. The average molecular weight is 264 g/mol. The van der Waals surface area contributed by atoms with E-state index in [0.29, 0.717) is 0 Å². The Morgan fingerprint density at radius 2 is 1.58 bits per heavy atom. The van der Waals surface area contributed by atoms with Crippen molar-refractivity contribution in [1.82, 2.24) is 10.2 Å². The van der Waals surface area contributed by atoms with Crippen LogP contribution in [0.5, 0.6) is 0 Å². The summed E-state index contributed by atoms with van der Waals surface area (Å²) in [5.74, 6) is 1.00. The highest BCUT2D eigenvalue weighted by molar-refractivity contribution is 4.91. The molecule has 0 amide bonds. The first-order valence-electron chi connectivity index (χ1n) is 8.91. The van der Waals surface area contributed by atoms with Gasteiger partial charge >= 0.3 is 0 Å². The Hall–Kier alpha value is -0.0800. The lowest BCUT2D eigenvalue weighted by molar-refractivity contribution is 0.0969. The molecule has 2 atom stereocenters. The second-order valence-electron chi connectivity index (χ2n) is 7.12. The van der Waals surface area contributed by atoms with Crippen molar-refractivity contribution < 1.29 is 0 Å². The summed E-state index contributed by atoms with van der Waals surface area (Å²) in [4.78, 5) is 2.88. The van der Waals surface area contributed by atoms with Gasteiger partial charge in [0.05, 0.1) is 0 Å². The zero-order chi connectivity index (χ0) is 12.9. The van der Waals surface area contributed by atoms with Crippen LogP contribution < -0.4 is 5.32 Å². The molecule has 3 rings (SSSR count). The maximum atomic E-state index is 3.76. The molecule has 0 spiro atoms. The van der Waals surface area contributed by atoms with E-state index in [9.17, 15) is 0 Å². The van der Waals surface area contributed by atoms with Crippen LogP contribution in [0, 0.1) is 5.92 Å². The van der Waals surface area contributed by atoms with Crippen molar-refractivity contribution in [2.45, 2.75) is 82.7 Å². The molecule has 2 saturated heterocycles. The molecule has 1 aliphatic carbocycles. The van der Waals surface area contributed by atoms with Gasteiger partial charge in [-0.05, 0) is 57.5 Å². The number of rotatable bonds is 3. The molecule has 2 unspecified atom stereocenters. The molecule has 3 fully saturated rings. The fourth-order valence-electron chi connectivity index (χ4n) is 4.62. The molecule has 2 nitrogen and oxygen atoms in total. The lowest BCUT2D eigenvalue weighted by atomic mass is 9.91. The van der Waals surface area contributed by atoms with Crippen molar-refractivity contribution in [1.29, 1.82) is 0 Å². The fraction of sp³-hybridized carbons (Fsp3) is 1.00. The average Bonchev–Trinajstić information content (AvgIpc) is 2.85. The summed E-state index contributed by atoms with van der Waals surface area (Å²) in [5, 5.41) is 3.76. The van der Waals surface area contributed by atoms with Gasteiger partial charge in [0.1, 0.15) is 0 Å². The van der Waals surface area contributed by atoms with Crippen LogP contribution in [0.1, 0.15) is 70.6 Å². The minimum Gasteiger partial charge on any atom is -0.312 e. The SMILES string of the molecule is C1CCCC(CN2CCCCC2C2CCCN2)CC1. The largest absolute Gasteiger partial charge is 0.312 e.